The lowest BCUT2D eigenvalue weighted by Crippen LogP contribution is -1.81. The molecule has 0 saturated heterocycles. The number of benzene rings is 1. The van der Waals surface area contributed by atoms with Crippen LogP contribution in [0.5, 0.6) is 0 Å². The van der Waals surface area contributed by atoms with Gasteiger partial charge in [0.2, 0.25) is 0 Å². The minimum Gasteiger partial charge on any atom is -0.331 e. The minimum atomic E-state index is 0.985. The monoisotopic (exact) mass is 183 g/mol. The van der Waals surface area contributed by atoms with Gasteiger partial charge in [0.25, 0.3) is 0 Å². The molecule has 0 aliphatic carbocycles. The lowest BCUT2D eigenvalue weighted by Gasteiger charge is -1.95. The van der Waals surface area contributed by atoms with Gasteiger partial charge in [-0.2, -0.15) is 0 Å². The Bertz CT molecular complexity index is 384. The Morgan fingerprint density at radius 3 is 2.36 bits per heavy atom. The molecule has 1 nitrogen and oxygen atoms in total. The van der Waals surface area contributed by atoms with Crippen LogP contribution in [0.15, 0.2) is 60.9 Å². The van der Waals surface area contributed by atoms with Crippen LogP contribution in [-0.4, -0.2) is 4.57 Å². The molecule has 0 amide bonds. The largest absolute Gasteiger partial charge is 0.331 e. The summed E-state index contributed by atoms with van der Waals surface area (Å²) in [6, 6.07) is 14.5. The first-order chi connectivity index (χ1) is 6.95. The molecule has 0 aliphatic rings. The van der Waals surface area contributed by atoms with E-state index in [1.54, 1.807) is 0 Å². The average Bonchev–Trinajstić information content (AvgIpc) is 2.72. The normalized spacial score (nSPS) is 10.9. The fourth-order valence-electron chi connectivity index (χ4n) is 1.37. The zero-order chi connectivity index (χ0) is 9.64. The molecule has 0 aliphatic heterocycles. The molecule has 0 bridgehead atoms. The molecule has 0 atom stereocenters. The highest BCUT2D eigenvalue weighted by Gasteiger charge is 1.85. The summed E-state index contributed by atoms with van der Waals surface area (Å²) in [5.74, 6) is 0. The second-order valence-corrected chi connectivity index (χ2v) is 3.20. The van der Waals surface area contributed by atoms with E-state index < -0.39 is 0 Å². The summed E-state index contributed by atoms with van der Waals surface area (Å²) in [7, 11) is 0. The van der Waals surface area contributed by atoms with Gasteiger partial charge < -0.3 is 4.57 Å². The predicted octanol–water partition coefficient (Wildman–Crippen LogP) is 3.20. The summed E-state index contributed by atoms with van der Waals surface area (Å²) in [5.41, 5.74) is 1.34. The minimum absolute atomic E-state index is 0.985. The number of nitrogens with zero attached hydrogens (tertiary/aromatic N) is 1. The quantitative estimate of drug-likeness (QED) is 0.688. The molecule has 2 rings (SSSR count). The average molecular weight is 183 g/mol. The first-order valence-electron chi connectivity index (χ1n) is 4.78. The third-order valence-corrected chi connectivity index (χ3v) is 2.10. The van der Waals surface area contributed by atoms with Crippen LogP contribution in [0.2, 0.25) is 0 Å². The van der Waals surface area contributed by atoms with Gasteiger partial charge in [0.1, 0.15) is 0 Å². The van der Waals surface area contributed by atoms with Crippen LogP contribution in [0.3, 0.4) is 0 Å². The molecule has 1 heteroatoms. The maximum atomic E-state index is 2.16. The van der Waals surface area contributed by atoms with Crippen LogP contribution in [0.4, 0.5) is 0 Å². The lowest BCUT2D eigenvalue weighted by molar-refractivity contribution is 1.15. The Balaban J connectivity index is 1.95. The molecule has 0 spiro atoms. The van der Waals surface area contributed by atoms with Crippen molar-refractivity contribution in [2.45, 2.75) is 6.42 Å². The SMILES string of the molecule is C(=Cn1cccc1)Cc1ccccc1. The number of hydrogen-bond acceptors (Lipinski definition) is 0. The first kappa shape index (κ1) is 8.82. The maximum Gasteiger partial charge on any atom is 0.00823 e. The summed E-state index contributed by atoms with van der Waals surface area (Å²) < 4.78 is 2.04. The van der Waals surface area contributed by atoms with Crippen molar-refractivity contribution in [2.75, 3.05) is 0 Å². The number of rotatable bonds is 3. The summed E-state index contributed by atoms with van der Waals surface area (Å²) in [5, 5.41) is 0. The van der Waals surface area contributed by atoms with Gasteiger partial charge in [-0.3, -0.25) is 0 Å². The molecule has 1 heterocycles. The van der Waals surface area contributed by atoms with Gasteiger partial charge in [-0.1, -0.05) is 36.4 Å². The van der Waals surface area contributed by atoms with Crippen molar-refractivity contribution < 1.29 is 0 Å². The Kier molecular flexibility index (Phi) is 2.82. The van der Waals surface area contributed by atoms with Gasteiger partial charge in [-0.15, -0.1) is 0 Å². The molecule has 0 radical (unpaired) electrons. The van der Waals surface area contributed by atoms with E-state index in [2.05, 4.69) is 36.5 Å². The van der Waals surface area contributed by atoms with Crippen LogP contribution in [0.25, 0.3) is 6.20 Å². The molecule has 0 unspecified atom stereocenters. The van der Waals surface area contributed by atoms with Crippen molar-refractivity contribution in [1.29, 1.82) is 0 Å². The zero-order valence-corrected chi connectivity index (χ0v) is 8.01. The van der Waals surface area contributed by atoms with E-state index in [0.29, 0.717) is 0 Å². The number of allylic oxidation sites excluding steroid dienone is 1. The fourth-order valence-corrected chi connectivity index (χ4v) is 1.37. The smallest absolute Gasteiger partial charge is 0.00823 e. The summed E-state index contributed by atoms with van der Waals surface area (Å²) in [6.07, 6.45) is 9.28. The number of hydrogen-bond donors (Lipinski definition) is 0. The van der Waals surface area contributed by atoms with E-state index >= 15 is 0 Å². The van der Waals surface area contributed by atoms with Crippen molar-refractivity contribution in [3.05, 3.63) is 66.5 Å². The molecule has 0 N–H and O–H groups in total. The van der Waals surface area contributed by atoms with Crippen molar-refractivity contribution in [1.82, 2.24) is 4.57 Å². The molecule has 2 aromatic rings. The van der Waals surface area contributed by atoms with E-state index in [4.69, 9.17) is 0 Å². The maximum absolute atomic E-state index is 2.16. The predicted molar refractivity (Wildman–Crippen MR) is 59.9 cm³/mol. The Morgan fingerprint density at radius 1 is 0.929 bits per heavy atom. The van der Waals surface area contributed by atoms with Crippen LogP contribution < -0.4 is 0 Å². The molecular weight excluding hydrogens is 170 g/mol. The molecule has 0 fully saturated rings. The Hall–Kier alpha value is -1.76. The van der Waals surface area contributed by atoms with E-state index in [1.165, 1.54) is 5.56 Å². The van der Waals surface area contributed by atoms with Crippen molar-refractivity contribution >= 4 is 6.20 Å². The molecule has 1 aromatic heterocycles. The van der Waals surface area contributed by atoms with E-state index in [1.807, 2.05) is 35.2 Å². The lowest BCUT2D eigenvalue weighted by atomic mass is 10.1. The van der Waals surface area contributed by atoms with Gasteiger partial charge >= 0.3 is 0 Å². The first-order valence-corrected chi connectivity index (χ1v) is 4.78. The molecular formula is C13H13N. The second-order valence-electron chi connectivity index (χ2n) is 3.20. The Morgan fingerprint density at radius 2 is 1.64 bits per heavy atom. The van der Waals surface area contributed by atoms with Crippen LogP contribution in [0.1, 0.15) is 5.56 Å². The summed E-state index contributed by atoms with van der Waals surface area (Å²) in [4.78, 5) is 0. The highest BCUT2D eigenvalue weighted by molar-refractivity contribution is 5.27. The second kappa shape index (κ2) is 4.47. The van der Waals surface area contributed by atoms with Gasteiger partial charge in [-0.05, 0) is 24.1 Å². The fraction of sp³-hybridized carbons (Fsp3) is 0.0769. The highest BCUT2D eigenvalue weighted by Crippen LogP contribution is 2.01. The molecule has 14 heavy (non-hydrogen) atoms. The Labute approximate surface area is 84.3 Å². The number of aromatic nitrogens is 1. The highest BCUT2D eigenvalue weighted by atomic mass is 14.9. The summed E-state index contributed by atoms with van der Waals surface area (Å²) in [6.45, 7) is 0. The topological polar surface area (TPSA) is 4.93 Å². The third-order valence-electron chi connectivity index (χ3n) is 2.10. The van der Waals surface area contributed by atoms with Crippen LogP contribution in [-0.2, 0) is 6.42 Å². The van der Waals surface area contributed by atoms with Gasteiger partial charge in [0.05, 0.1) is 0 Å². The third kappa shape index (κ3) is 2.36. The van der Waals surface area contributed by atoms with Crippen molar-refractivity contribution in [3.8, 4) is 0 Å². The van der Waals surface area contributed by atoms with Crippen molar-refractivity contribution in [3.63, 3.8) is 0 Å². The van der Waals surface area contributed by atoms with E-state index in [9.17, 15) is 0 Å². The van der Waals surface area contributed by atoms with E-state index in [-0.39, 0.29) is 0 Å². The van der Waals surface area contributed by atoms with Gasteiger partial charge in [0, 0.05) is 18.6 Å². The zero-order valence-electron chi connectivity index (χ0n) is 8.01. The van der Waals surface area contributed by atoms with Crippen molar-refractivity contribution in [2.24, 2.45) is 0 Å². The molecule has 0 saturated carbocycles. The van der Waals surface area contributed by atoms with Crippen LogP contribution >= 0.6 is 0 Å². The summed E-state index contributed by atoms with van der Waals surface area (Å²) >= 11 is 0. The van der Waals surface area contributed by atoms with Crippen LogP contribution in [0, 0.1) is 0 Å². The van der Waals surface area contributed by atoms with E-state index in [0.717, 1.165) is 6.42 Å². The van der Waals surface area contributed by atoms with Gasteiger partial charge in [0.15, 0.2) is 0 Å². The molecule has 70 valence electrons. The molecule has 1 aromatic carbocycles. The standard InChI is InChI=1S/C13H13N/c1-2-7-13(8-3-1)9-6-12-14-10-4-5-11-14/h1-8,10-12H,9H2. The van der Waals surface area contributed by atoms with Gasteiger partial charge in [-0.25, -0.2) is 0 Å².